The zero-order chi connectivity index (χ0) is 10.7. The lowest BCUT2D eigenvalue weighted by molar-refractivity contribution is -0.387. The van der Waals surface area contributed by atoms with E-state index in [9.17, 15) is 14.5 Å². The Hall–Kier alpha value is -1.49. The van der Waals surface area contributed by atoms with Crippen LogP contribution in [-0.2, 0) is 6.42 Å². The monoisotopic (exact) mass is 198 g/mol. The Labute approximate surface area is 80.7 Å². The van der Waals surface area contributed by atoms with Crippen LogP contribution in [0.5, 0.6) is 0 Å². The minimum absolute atomic E-state index is 0.0972. The second kappa shape index (κ2) is 4.15. The van der Waals surface area contributed by atoms with E-state index in [1.807, 2.05) is 0 Å². The molecule has 4 nitrogen and oxygen atoms in total. The molecule has 0 unspecified atom stereocenters. The van der Waals surface area contributed by atoms with E-state index in [2.05, 4.69) is 0 Å². The number of nitro benzene ring substituents is 1. The van der Waals surface area contributed by atoms with Crippen LogP contribution in [0.4, 0.5) is 10.1 Å². The van der Waals surface area contributed by atoms with E-state index in [1.165, 1.54) is 12.1 Å². The van der Waals surface area contributed by atoms with E-state index in [1.54, 1.807) is 6.92 Å². The van der Waals surface area contributed by atoms with E-state index in [0.29, 0.717) is 12.0 Å². The van der Waals surface area contributed by atoms with Crippen LogP contribution in [0.1, 0.15) is 12.5 Å². The fourth-order valence-electron chi connectivity index (χ4n) is 1.20. The summed E-state index contributed by atoms with van der Waals surface area (Å²) in [4.78, 5) is 9.66. The topological polar surface area (TPSA) is 69.2 Å². The fraction of sp³-hybridized carbons (Fsp3) is 0.333. The number of halogens is 1. The summed E-state index contributed by atoms with van der Waals surface area (Å²) in [6, 6.07) is 3.72. The van der Waals surface area contributed by atoms with Crippen LogP contribution in [0.25, 0.3) is 0 Å². The maximum absolute atomic E-state index is 12.9. The summed E-state index contributed by atoms with van der Waals surface area (Å²) < 4.78 is 12.9. The molecule has 0 saturated carbocycles. The van der Waals surface area contributed by atoms with Crippen molar-refractivity contribution in [1.82, 2.24) is 0 Å². The van der Waals surface area contributed by atoms with Gasteiger partial charge in [0.1, 0.15) is 0 Å². The first-order valence-corrected chi connectivity index (χ1v) is 4.19. The Morgan fingerprint density at radius 2 is 2.29 bits per heavy atom. The van der Waals surface area contributed by atoms with Gasteiger partial charge in [-0.05, 0) is 25.0 Å². The molecule has 0 fully saturated rings. The molecule has 5 heteroatoms. The van der Waals surface area contributed by atoms with Gasteiger partial charge >= 0.3 is 5.69 Å². The number of hydrogen-bond acceptors (Lipinski definition) is 3. The third-order valence-corrected chi connectivity index (χ3v) is 1.76. The van der Waals surface area contributed by atoms with E-state index < -0.39 is 16.4 Å². The van der Waals surface area contributed by atoms with Crippen LogP contribution in [-0.4, -0.2) is 11.0 Å². The molecule has 2 N–H and O–H groups in total. The van der Waals surface area contributed by atoms with E-state index >= 15 is 0 Å². The molecule has 76 valence electrons. The predicted molar refractivity (Wildman–Crippen MR) is 50.4 cm³/mol. The van der Waals surface area contributed by atoms with Crippen molar-refractivity contribution >= 4 is 5.69 Å². The average molecular weight is 198 g/mol. The van der Waals surface area contributed by atoms with Crippen LogP contribution in [0.15, 0.2) is 18.2 Å². The molecule has 0 aromatic heterocycles. The molecule has 0 spiro atoms. The van der Waals surface area contributed by atoms with Crippen molar-refractivity contribution in [3.8, 4) is 0 Å². The highest BCUT2D eigenvalue weighted by molar-refractivity contribution is 5.36. The van der Waals surface area contributed by atoms with Crippen LogP contribution in [0.2, 0.25) is 0 Å². The van der Waals surface area contributed by atoms with Gasteiger partial charge < -0.3 is 5.73 Å². The van der Waals surface area contributed by atoms with Crippen molar-refractivity contribution in [2.24, 2.45) is 5.73 Å². The molecule has 1 aromatic rings. The van der Waals surface area contributed by atoms with Crippen molar-refractivity contribution in [2.45, 2.75) is 19.4 Å². The van der Waals surface area contributed by atoms with Gasteiger partial charge in [0.05, 0.1) is 4.92 Å². The summed E-state index contributed by atoms with van der Waals surface area (Å²) in [5.41, 5.74) is 5.70. The molecule has 0 heterocycles. The molecular weight excluding hydrogens is 187 g/mol. The van der Waals surface area contributed by atoms with Crippen molar-refractivity contribution in [1.29, 1.82) is 0 Å². The van der Waals surface area contributed by atoms with E-state index in [-0.39, 0.29) is 6.04 Å². The Morgan fingerprint density at radius 3 is 2.79 bits per heavy atom. The molecule has 0 aliphatic heterocycles. The summed E-state index contributed by atoms with van der Waals surface area (Å²) in [6.07, 6.45) is 0.501. The number of nitrogens with two attached hydrogens (primary N) is 1. The third kappa shape index (κ3) is 2.50. The van der Waals surface area contributed by atoms with Crippen LogP contribution < -0.4 is 5.73 Å². The minimum atomic E-state index is -0.816. The van der Waals surface area contributed by atoms with Crippen LogP contribution >= 0.6 is 0 Å². The van der Waals surface area contributed by atoms with Gasteiger partial charge in [-0.3, -0.25) is 10.1 Å². The predicted octanol–water partition coefficient (Wildman–Crippen LogP) is 1.62. The highest BCUT2D eigenvalue weighted by Gasteiger charge is 2.14. The number of hydrogen-bond donors (Lipinski definition) is 1. The Morgan fingerprint density at radius 1 is 1.64 bits per heavy atom. The maximum Gasteiger partial charge on any atom is 0.305 e. The highest BCUT2D eigenvalue weighted by atomic mass is 19.1. The highest BCUT2D eigenvalue weighted by Crippen LogP contribution is 2.18. The Balaban J connectivity index is 3.00. The first kappa shape index (κ1) is 10.6. The van der Waals surface area contributed by atoms with Gasteiger partial charge in [0.25, 0.3) is 0 Å². The molecule has 1 aromatic carbocycles. The Bertz CT molecular complexity index is 353. The quantitative estimate of drug-likeness (QED) is 0.592. The van der Waals surface area contributed by atoms with Crippen molar-refractivity contribution in [2.75, 3.05) is 0 Å². The summed E-state index contributed by atoms with van der Waals surface area (Å²) in [6.45, 7) is 1.79. The van der Waals surface area contributed by atoms with Crippen LogP contribution in [0, 0.1) is 15.9 Å². The standard InChI is InChI=1S/C9H11FN2O2/c1-6(11)4-7-2-3-8(10)9(5-7)12(13)14/h2-3,5-6H,4,11H2,1H3/t6-/m1/s1. The van der Waals surface area contributed by atoms with Crippen LogP contribution in [0.3, 0.4) is 0 Å². The SMILES string of the molecule is C[C@@H](N)Cc1ccc(F)c([N+](=O)[O-])c1. The summed E-state index contributed by atoms with van der Waals surface area (Å²) >= 11 is 0. The molecular formula is C9H11FN2O2. The summed E-state index contributed by atoms with van der Waals surface area (Å²) in [5, 5.41) is 10.4. The zero-order valence-corrected chi connectivity index (χ0v) is 7.74. The van der Waals surface area contributed by atoms with Gasteiger partial charge in [-0.1, -0.05) is 6.07 Å². The normalized spacial score (nSPS) is 12.5. The molecule has 0 radical (unpaired) electrons. The molecule has 0 aliphatic carbocycles. The number of nitrogens with zero attached hydrogens (tertiary/aromatic N) is 1. The molecule has 0 bridgehead atoms. The lowest BCUT2D eigenvalue weighted by Gasteiger charge is -2.04. The number of nitro groups is 1. The molecule has 0 amide bonds. The smallest absolute Gasteiger partial charge is 0.305 e. The molecule has 1 rings (SSSR count). The lowest BCUT2D eigenvalue weighted by Crippen LogP contribution is -2.17. The summed E-state index contributed by atoms with van der Waals surface area (Å²) in [7, 11) is 0. The minimum Gasteiger partial charge on any atom is -0.328 e. The van der Waals surface area contributed by atoms with Gasteiger partial charge in [-0.15, -0.1) is 0 Å². The Kier molecular flexibility index (Phi) is 3.14. The van der Waals surface area contributed by atoms with Crippen molar-refractivity contribution in [3.05, 3.63) is 39.7 Å². The lowest BCUT2D eigenvalue weighted by atomic mass is 10.1. The van der Waals surface area contributed by atoms with Gasteiger partial charge in [-0.2, -0.15) is 4.39 Å². The van der Waals surface area contributed by atoms with Gasteiger partial charge in [0.2, 0.25) is 5.82 Å². The maximum atomic E-state index is 12.9. The number of benzene rings is 1. The zero-order valence-electron chi connectivity index (χ0n) is 7.74. The first-order valence-electron chi connectivity index (χ1n) is 4.19. The van der Waals surface area contributed by atoms with Gasteiger partial charge in [0, 0.05) is 12.1 Å². The van der Waals surface area contributed by atoms with E-state index in [0.717, 1.165) is 6.07 Å². The largest absolute Gasteiger partial charge is 0.328 e. The molecule has 0 aliphatic rings. The first-order chi connectivity index (χ1) is 6.50. The fourth-order valence-corrected chi connectivity index (χ4v) is 1.20. The van der Waals surface area contributed by atoms with Gasteiger partial charge in [0.15, 0.2) is 0 Å². The second-order valence-corrected chi connectivity index (χ2v) is 3.22. The van der Waals surface area contributed by atoms with Crippen molar-refractivity contribution < 1.29 is 9.31 Å². The van der Waals surface area contributed by atoms with Gasteiger partial charge in [-0.25, -0.2) is 0 Å². The molecule has 1 atom stereocenters. The average Bonchev–Trinajstić information content (AvgIpc) is 2.07. The molecule has 14 heavy (non-hydrogen) atoms. The second-order valence-electron chi connectivity index (χ2n) is 3.22. The van der Waals surface area contributed by atoms with Crippen molar-refractivity contribution in [3.63, 3.8) is 0 Å². The van der Waals surface area contributed by atoms with E-state index in [4.69, 9.17) is 5.73 Å². The molecule has 0 saturated heterocycles. The number of rotatable bonds is 3. The third-order valence-electron chi connectivity index (χ3n) is 1.76. The summed E-state index contributed by atoms with van der Waals surface area (Å²) in [5.74, 6) is -0.816.